The average molecular weight is 293 g/mol. The van der Waals surface area contributed by atoms with Gasteiger partial charge in [0.2, 0.25) is 0 Å². The predicted octanol–water partition coefficient (Wildman–Crippen LogP) is 6.37. The molecule has 1 heterocycles. The first-order valence-electron chi connectivity index (χ1n) is 7.54. The van der Waals surface area contributed by atoms with Crippen LogP contribution in [-0.4, -0.2) is 4.98 Å². The molecule has 1 N–H and O–H groups in total. The van der Waals surface area contributed by atoms with Gasteiger partial charge in [-0.2, -0.15) is 0 Å². The molecule has 0 radical (unpaired) electrons. The molecule has 1 aromatic heterocycles. The highest BCUT2D eigenvalue weighted by molar-refractivity contribution is 5.76. The molecule has 0 saturated carbocycles. The van der Waals surface area contributed by atoms with E-state index in [2.05, 4.69) is 88.1 Å². The van der Waals surface area contributed by atoms with E-state index in [9.17, 15) is 0 Å². The fourth-order valence-corrected chi connectivity index (χ4v) is 2.26. The van der Waals surface area contributed by atoms with Crippen LogP contribution in [0, 0.1) is 0 Å². The third kappa shape index (κ3) is 4.11. The molecule has 2 rings (SSSR count). The minimum atomic E-state index is 0.169. The molecule has 0 aliphatic carbocycles. The van der Waals surface area contributed by atoms with Gasteiger partial charge in [0.05, 0.1) is 0 Å². The van der Waals surface area contributed by atoms with Crippen molar-refractivity contribution in [1.29, 1.82) is 0 Å². The lowest BCUT2D eigenvalue weighted by atomic mass is 9.89. The summed E-state index contributed by atoms with van der Waals surface area (Å²) in [6, 6.07) is 10.8. The molecule has 0 spiro atoms. The van der Waals surface area contributed by atoms with Gasteiger partial charge in [-0.3, -0.25) is 0 Å². The molecule has 1 aromatic carbocycles. The largest absolute Gasteiger partial charge is 0.361 e. The Labute approximate surface area is 135 Å². The molecule has 0 unspecified atom stereocenters. The first kappa shape index (κ1) is 17.8. The summed E-state index contributed by atoms with van der Waals surface area (Å²) in [5.41, 5.74) is 6.23. The molecule has 116 valence electrons. The molecule has 0 aliphatic heterocycles. The van der Waals surface area contributed by atoms with Crippen LogP contribution in [0.2, 0.25) is 0 Å². The molecular formula is C21H27N. The Bertz CT molecular complexity index is 651. The fourth-order valence-electron chi connectivity index (χ4n) is 2.26. The molecule has 1 heteroatoms. The Balaban J connectivity index is 0.00000116. The maximum atomic E-state index is 3.87. The van der Waals surface area contributed by atoms with Gasteiger partial charge in [-0.05, 0) is 46.7 Å². The topological polar surface area (TPSA) is 15.8 Å². The van der Waals surface area contributed by atoms with Gasteiger partial charge in [-0.25, -0.2) is 0 Å². The highest BCUT2D eigenvalue weighted by Crippen LogP contribution is 2.28. The van der Waals surface area contributed by atoms with Crippen LogP contribution in [0.1, 0.15) is 38.8 Å². The third-order valence-corrected chi connectivity index (χ3v) is 3.59. The summed E-state index contributed by atoms with van der Waals surface area (Å²) in [6.45, 7) is 18.6. The summed E-state index contributed by atoms with van der Waals surface area (Å²) in [7, 11) is 0. The van der Waals surface area contributed by atoms with Crippen LogP contribution in [0.3, 0.4) is 0 Å². The van der Waals surface area contributed by atoms with Crippen molar-refractivity contribution >= 4 is 5.57 Å². The van der Waals surface area contributed by atoms with Gasteiger partial charge in [-0.1, -0.05) is 57.7 Å². The Kier molecular flexibility index (Phi) is 6.18. The van der Waals surface area contributed by atoms with E-state index in [0.29, 0.717) is 0 Å². The van der Waals surface area contributed by atoms with Gasteiger partial charge in [0.1, 0.15) is 0 Å². The van der Waals surface area contributed by atoms with Crippen molar-refractivity contribution in [2.75, 3.05) is 0 Å². The first-order valence-corrected chi connectivity index (χ1v) is 7.54. The minimum absolute atomic E-state index is 0.169. The van der Waals surface area contributed by atoms with E-state index in [0.717, 1.165) is 11.3 Å². The van der Waals surface area contributed by atoms with Crippen molar-refractivity contribution in [3.05, 3.63) is 79.5 Å². The van der Waals surface area contributed by atoms with Crippen LogP contribution in [-0.2, 0) is 5.41 Å². The standard InChI is InChI=1S/C19H23N.C2H4/c1-6-14(7-2)15-9-8-10-16(11-15)18-12-17(13-20-18)19(3,4)5;1-2/h6-13,20H,1H2,2-5H3;1-2H2/b14-7+;. The SMILES string of the molecule is C=C.C=C/C(=C\C)c1cccc(-c2cc(C(C)(C)C)c[nH]2)c1. The normalized spacial score (nSPS) is 11.5. The molecule has 0 fully saturated rings. The molecule has 0 atom stereocenters. The van der Waals surface area contributed by atoms with E-state index in [1.54, 1.807) is 0 Å². The summed E-state index contributed by atoms with van der Waals surface area (Å²) in [5, 5.41) is 0. The second-order valence-corrected chi connectivity index (χ2v) is 6.08. The minimum Gasteiger partial charge on any atom is -0.361 e. The van der Waals surface area contributed by atoms with Crippen LogP contribution in [0.15, 0.2) is 68.4 Å². The number of rotatable bonds is 3. The molecule has 1 nitrogen and oxygen atoms in total. The Morgan fingerprint density at radius 3 is 2.32 bits per heavy atom. The molecule has 0 amide bonds. The highest BCUT2D eigenvalue weighted by Gasteiger charge is 2.15. The van der Waals surface area contributed by atoms with Crippen molar-refractivity contribution in [1.82, 2.24) is 4.98 Å². The van der Waals surface area contributed by atoms with E-state index in [1.807, 2.05) is 13.0 Å². The van der Waals surface area contributed by atoms with E-state index >= 15 is 0 Å². The Hall–Kier alpha value is -2.28. The monoisotopic (exact) mass is 293 g/mol. The highest BCUT2D eigenvalue weighted by atomic mass is 14.7. The van der Waals surface area contributed by atoms with Crippen molar-refractivity contribution in [3.8, 4) is 11.3 Å². The van der Waals surface area contributed by atoms with Crippen molar-refractivity contribution in [2.24, 2.45) is 0 Å². The zero-order valence-electron chi connectivity index (χ0n) is 14.2. The van der Waals surface area contributed by atoms with Crippen LogP contribution >= 0.6 is 0 Å². The zero-order valence-corrected chi connectivity index (χ0v) is 14.2. The quantitative estimate of drug-likeness (QED) is 0.500. The second-order valence-electron chi connectivity index (χ2n) is 6.08. The molecular weight excluding hydrogens is 266 g/mol. The smallest absolute Gasteiger partial charge is 0.0457 e. The summed E-state index contributed by atoms with van der Waals surface area (Å²) in [6.07, 6.45) is 6.09. The zero-order chi connectivity index (χ0) is 16.8. The van der Waals surface area contributed by atoms with Gasteiger partial charge in [0.25, 0.3) is 0 Å². The maximum Gasteiger partial charge on any atom is 0.0457 e. The number of hydrogen-bond acceptors (Lipinski definition) is 0. The maximum absolute atomic E-state index is 3.87. The summed E-state index contributed by atoms with van der Waals surface area (Å²) >= 11 is 0. The van der Waals surface area contributed by atoms with E-state index in [4.69, 9.17) is 0 Å². The fraction of sp³-hybridized carbons (Fsp3) is 0.238. The second kappa shape index (κ2) is 7.65. The molecule has 22 heavy (non-hydrogen) atoms. The van der Waals surface area contributed by atoms with Gasteiger partial charge in [0, 0.05) is 11.9 Å². The number of aromatic nitrogens is 1. The lowest BCUT2D eigenvalue weighted by molar-refractivity contribution is 0.591. The summed E-state index contributed by atoms with van der Waals surface area (Å²) in [5.74, 6) is 0. The predicted molar refractivity (Wildman–Crippen MR) is 100 cm³/mol. The molecule has 0 saturated heterocycles. The molecule has 2 aromatic rings. The Morgan fingerprint density at radius 1 is 1.14 bits per heavy atom. The van der Waals surface area contributed by atoms with Crippen LogP contribution < -0.4 is 0 Å². The van der Waals surface area contributed by atoms with Crippen molar-refractivity contribution in [3.63, 3.8) is 0 Å². The average Bonchev–Trinajstić information content (AvgIpc) is 3.01. The lowest BCUT2D eigenvalue weighted by Gasteiger charge is -2.15. The van der Waals surface area contributed by atoms with Gasteiger partial charge in [0.15, 0.2) is 0 Å². The first-order chi connectivity index (χ1) is 10.5. The van der Waals surface area contributed by atoms with Crippen LogP contribution in [0.25, 0.3) is 16.8 Å². The molecule has 0 aliphatic rings. The number of nitrogens with one attached hydrogen (secondary N) is 1. The van der Waals surface area contributed by atoms with Gasteiger partial charge in [-0.15, -0.1) is 13.2 Å². The van der Waals surface area contributed by atoms with Crippen molar-refractivity contribution in [2.45, 2.75) is 33.1 Å². The van der Waals surface area contributed by atoms with Crippen LogP contribution in [0.4, 0.5) is 0 Å². The number of H-pyrrole nitrogens is 1. The number of benzene rings is 1. The van der Waals surface area contributed by atoms with E-state index < -0.39 is 0 Å². The molecule has 0 bridgehead atoms. The number of hydrogen-bond donors (Lipinski definition) is 1. The van der Waals surface area contributed by atoms with E-state index in [-0.39, 0.29) is 5.41 Å². The van der Waals surface area contributed by atoms with Gasteiger partial charge >= 0.3 is 0 Å². The number of aromatic amines is 1. The van der Waals surface area contributed by atoms with Crippen LogP contribution in [0.5, 0.6) is 0 Å². The summed E-state index contributed by atoms with van der Waals surface area (Å²) in [4.78, 5) is 3.39. The lowest BCUT2D eigenvalue weighted by Crippen LogP contribution is -2.09. The van der Waals surface area contributed by atoms with Crippen molar-refractivity contribution < 1.29 is 0 Å². The van der Waals surface area contributed by atoms with E-state index in [1.165, 1.54) is 16.7 Å². The number of allylic oxidation sites excluding steroid dienone is 3. The Morgan fingerprint density at radius 2 is 1.82 bits per heavy atom. The van der Waals surface area contributed by atoms with Gasteiger partial charge < -0.3 is 4.98 Å². The third-order valence-electron chi connectivity index (χ3n) is 3.59. The summed E-state index contributed by atoms with van der Waals surface area (Å²) < 4.78 is 0.